The number of anilines is 1. The highest BCUT2D eigenvalue weighted by Gasteiger charge is 2.23. The number of nitriles is 1. The van der Waals surface area contributed by atoms with Crippen molar-refractivity contribution in [1.29, 1.82) is 5.26 Å². The minimum atomic E-state index is -0.529. The summed E-state index contributed by atoms with van der Waals surface area (Å²) in [4.78, 5) is 27.0. The highest BCUT2D eigenvalue weighted by Crippen LogP contribution is 2.34. The van der Waals surface area contributed by atoms with Crippen LogP contribution in [0.4, 0.5) is 9.80 Å². The van der Waals surface area contributed by atoms with Gasteiger partial charge in [0.2, 0.25) is 0 Å². The molecule has 0 aliphatic carbocycles. The van der Waals surface area contributed by atoms with Crippen LogP contribution in [0.2, 0.25) is 0 Å². The molecule has 0 radical (unpaired) electrons. The maximum Gasteiger partial charge on any atom is 0.329 e. The van der Waals surface area contributed by atoms with E-state index in [0.717, 1.165) is 10.4 Å². The van der Waals surface area contributed by atoms with Crippen LogP contribution in [0.15, 0.2) is 30.3 Å². The number of nitrogens with one attached hydrogen (secondary N) is 1. The van der Waals surface area contributed by atoms with Gasteiger partial charge in [0.1, 0.15) is 11.1 Å². The molecule has 2 rings (SSSR count). The maximum absolute atomic E-state index is 12.4. The van der Waals surface area contributed by atoms with Gasteiger partial charge in [-0.1, -0.05) is 18.2 Å². The first-order valence-corrected chi connectivity index (χ1v) is 7.99. The molecule has 1 heterocycles. The summed E-state index contributed by atoms with van der Waals surface area (Å²) in [6.45, 7) is 5.93. The summed E-state index contributed by atoms with van der Waals surface area (Å²) in [5, 5.41) is 12.3. The van der Waals surface area contributed by atoms with Crippen molar-refractivity contribution in [3.05, 3.63) is 51.9 Å². The molecular formula is C17H17N3O2S. The second kappa shape index (κ2) is 7.07. The van der Waals surface area contributed by atoms with E-state index in [1.54, 1.807) is 37.3 Å². The van der Waals surface area contributed by atoms with Crippen molar-refractivity contribution in [3.63, 3.8) is 0 Å². The fraction of sp³-hybridized carbons (Fsp3) is 0.235. The van der Waals surface area contributed by atoms with Gasteiger partial charge in [0.25, 0.3) is 5.91 Å². The molecule has 0 aliphatic heterocycles. The summed E-state index contributed by atoms with van der Waals surface area (Å²) >= 11 is 1.38. The molecule has 5 nitrogen and oxygen atoms in total. The first-order valence-electron chi connectivity index (χ1n) is 7.17. The Morgan fingerprint density at radius 1 is 1.26 bits per heavy atom. The molecule has 0 saturated heterocycles. The van der Waals surface area contributed by atoms with Gasteiger partial charge in [0.05, 0.1) is 5.56 Å². The van der Waals surface area contributed by atoms with E-state index in [0.29, 0.717) is 22.7 Å². The van der Waals surface area contributed by atoms with E-state index >= 15 is 0 Å². The average Bonchev–Trinajstić information content (AvgIpc) is 2.83. The lowest BCUT2D eigenvalue weighted by Gasteiger charge is -2.19. The zero-order valence-electron chi connectivity index (χ0n) is 13.2. The van der Waals surface area contributed by atoms with Crippen LogP contribution in [0.1, 0.15) is 33.3 Å². The van der Waals surface area contributed by atoms with E-state index < -0.39 is 11.9 Å². The second-order valence-corrected chi connectivity index (χ2v) is 6.15. The van der Waals surface area contributed by atoms with Crippen molar-refractivity contribution < 1.29 is 9.59 Å². The number of carbonyl (C=O) groups is 2. The molecule has 0 aliphatic rings. The predicted octanol–water partition coefficient (Wildman–Crippen LogP) is 3.61. The van der Waals surface area contributed by atoms with Crippen molar-refractivity contribution in [2.45, 2.75) is 20.8 Å². The van der Waals surface area contributed by atoms with Gasteiger partial charge < -0.3 is 0 Å². The van der Waals surface area contributed by atoms with E-state index in [4.69, 9.17) is 0 Å². The topological polar surface area (TPSA) is 73.2 Å². The average molecular weight is 327 g/mol. The number of thiophene rings is 1. The number of aryl methyl sites for hydroxylation is 1. The van der Waals surface area contributed by atoms with Gasteiger partial charge in [0.15, 0.2) is 0 Å². The quantitative estimate of drug-likeness (QED) is 0.936. The van der Waals surface area contributed by atoms with Crippen LogP contribution in [0.25, 0.3) is 0 Å². The number of amides is 3. The fourth-order valence-electron chi connectivity index (χ4n) is 2.14. The molecule has 0 atom stereocenters. The molecule has 0 bridgehead atoms. The van der Waals surface area contributed by atoms with Crippen LogP contribution in [0.5, 0.6) is 0 Å². The molecular weight excluding hydrogens is 310 g/mol. The van der Waals surface area contributed by atoms with Crippen LogP contribution in [-0.4, -0.2) is 18.5 Å². The van der Waals surface area contributed by atoms with Crippen molar-refractivity contribution in [2.75, 3.05) is 11.4 Å². The summed E-state index contributed by atoms with van der Waals surface area (Å²) in [6, 6.07) is 10.2. The first kappa shape index (κ1) is 16.7. The summed E-state index contributed by atoms with van der Waals surface area (Å²) < 4.78 is 0. The van der Waals surface area contributed by atoms with E-state index in [1.807, 2.05) is 13.8 Å². The summed E-state index contributed by atoms with van der Waals surface area (Å²) in [5.74, 6) is -0.461. The summed E-state index contributed by atoms with van der Waals surface area (Å²) in [6.07, 6.45) is 0. The number of hydrogen-bond donors (Lipinski definition) is 1. The molecule has 1 aromatic carbocycles. The number of carbonyl (C=O) groups excluding carboxylic acids is 2. The molecule has 3 amide bonds. The Morgan fingerprint density at radius 3 is 2.48 bits per heavy atom. The first-order chi connectivity index (χ1) is 11.0. The SMILES string of the molecule is CCN(C(=O)NC(=O)c1ccccc1)c1sc(C)c(C)c1C#N. The lowest BCUT2D eigenvalue weighted by atomic mass is 10.2. The predicted molar refractivity (Wildman–Crippen MR) is 90.8 cm³/mol. The Labute approximate surface area is 139 Å². The molecule has 0 unspecified atom stereocenters. The number of imide groups is 1. The standard InChI is InChI=1S/C17H17N3O2S/c1-4-20(16-14(10-18)11(2)12(3)23-16)17(22)19-15(21)13-8-6-5-7-9-13/h5-9H,4H2,1-3H3,(H,19,21,22). The van der Waals surface area contributed by atoms with E-state index in [1.165, 1.54) is 16.2 Å². The molecule has 6 heteroatoms. The number of rotatable bonds is 3. The van der Waals surface area contributed by atoms with Gasteiger partial charge in [0, 0.05) is 17.0 Å². The van der Waals surface area contributed by atoms with E-state index in [-0.39, 0.29) is 0 Å². The maximum atomic E-state index is 12.4. The van der Waals surface area contributed by atoms with Crippen molar-refractivity contribution in [3.8, 4) is 6.07 Å². The van der Waals surface area contributed by atoms with Crippen molar-refractivity contribution in [2.24, 2.45) is 0 Å². The second-order valence-electron chi connectivity index (χ2n) is 4.94. The van der Waals surface area contributed by atoms with Gasteiger partial charge in [-0.25, -0.2) is 4.79 Å². The Hall–Kier alpha value is -2.65. The highest BCUT2D eigenvalue weighted by molar-refractivity contribution is 7.16. The fourth-order valence-corrected chi connectivity index (χ4v) is 3.30. The number of urea groups is 1. The van der Waals surface area contributed by atoms with E-state index in [2.05, 4.69) is 11.4 Å². The van der Waals surface area contributed by atoms with Gasteiger partial charge in [-0.2, -0.15) is 5.26 Å². The van der Waals surface area contributed by atoms with Crippen LogP contribution in [-0.2, 0) is 0 Å². The summed E-state index contributed by atoms with van der Waals surface area (Å²) in [5.41, 5.74) is 1.76. The Balaban J connectivity index is 2.25. The third-order valence-corrected chi connectivity index (χ3v) is 4.77. The van der Waals surface area contributed by atoms with E-state index in [9.17, 15) is 14.9 Å². The normalized spacial score (nSPS) is 10.0. The van der Waals surface area contributed by atoms with Gasteiger partial charge in [-0.05, 0) is 38.5 Å². The van der Waals surface area contributed by atoms with Crippen molar-refractivity contribution >= 4 is 28.3 Å². The van der Waals surface area contributed by atoms with Crippen LogP contribution < -0.4 is 10.2 Å². The Morgan fingerprint density at radius 2 is 1.91 bits per heavy atom. The van der Waals surface area contributed by atoms with Crippen LogP contribution >= 0.6 is 11.3 Å². The molecule has 1 N–H and O–H groups in total. The highest BCUT2D eigenvalue weighted by atomic mass is 32.1. The molecule has 0 spiro atoms. The van der Waals surface area contributed by atoms with Gasteiger partial charge in [-0.15, -0.1) is 11.3 Å². The van der Waals surface area contributed by atoms with Crippen molar-refractivity contribution in [1.82, 2.24) is 5.32 Å². The number of benzene rings is 1. The monoisotopic (exact) mass is 327 g/mol. The lowest BCUT2D eigenvalue weighted by molar-refractivity contribution is 0.0965. The largest absolute Gasteiger partial charge is 0.329 e. The number of nitrogens with zero attached hydrogens (tertiary/aromatic N) is 2. The zero-order valence-corrected chi connectivity index (χ0v) is 14.0. The van der Waals surface area contributed by atoms with Gasteiger partial charge in [-0.3, -0.25) is 15.0 Å². The Bertz CT molecular complexity index is 775. The molecule has 0 fully saturated rings. The minimum absolute atomic E-state index is 0.363. The smallest absolute Gasteiger partial charge is 0.284 e. The zero-order chi connectivity index (χ0) is 17.0. The van der Waals surface area contributed by atoms with Crippen LogP contribution in [0.3, 0.4) is 0 Å². The number of hydrogen-bond acceptors (Lipinski definition) is 4. The minimum Gasteiger partial charge on any atom is -0.284 e. The summed E-state index contributed by atoms with van der Waals surface area (Å²) in [7, 11) is 0. The van der Waals surface area contributed by atoms with Gasteiger partial charge >= 0.3 is 6.03 Å². The molecule has 23 heavy (non-hydrogen) atoms. The molecule has 1 aromatic heterocycles. The molecule has 118 valence electrons. The molecule has 2 aromatic rings. The third kappa shape index (κ3) is 3.41. The third-order valence-electron chi connectivity index (χ3n) is 3.54. The Kier molecular flexibility index (Phi) is 5.14. The lowest BCUT2D eigenvalue weighted by Crippen LogP contribution is -2.43. The molecule has 0 saturated carbocycles. The van der Waals surface area contributed by atoms with Crippen LogP contribution in [0, 0.1) is 25.2 Å².